The Kier molecular flexibility index (Phi) is 6.40. The van der Waals surface area contributed by atoms with E-state index in [-0.39, 0.29) is 34.6 Å². The molecule has 1 N–H and O–H groups in total. The largest absolute Gasteiger partial charge is 0.310 e. The molecule has 186 valence electrons. The number of anilines is 2. The maximum atomic E-state index is 13.4. The highest BCUT2D eigenvalue weighted by atomic mass is 32.2. The zero-order valence-corrected chi connectivity index (χ0v) is 21.1. The second-order valence-electron chi connectivity index (χ2n) is 10.1. The van der Waals surface area contributed by atoms with Crippen molar-refractivity contribution in [3.05, 3.63) is 47.7 Å². The van der Waals surface area contributed by atoms with Crippen LogP contribution in [0.25, 0.3) is 0 Å². The van der Waals surface area contributed by atoms with Crippen LogP contribution in [0, 0.1) is 18.8 Å². The first-order valence-electron chi connectivity index (χ1n) is 12.4. The van der Waals surface area contributed by atoms with Crippen LogP contribution in [0.2, 0.25) is 0 Å². The summed E-state index contributed by atoms with van der Waals surface area (Å²) in [5.41, 5.74) is 2.76. The SMILES string of the molecule is Cc1ccc(NC(=O)C2CCN(S(=O)(=O)c3ccc4c(c3)C[C@H](C)N4C(=O)C3CCC3)CC2)nc1. The molecule has 1 aliphatic carbocycles. The van der Waals surface area contributed by atoms with Gasteiger partial charge in [0.25, 0.3) is 0 Å². The number of piperidine rings is 1. The van der Waals surface area contributed by atoms with Crippen LogP contribution in [0.1, 0.15) is 50.2 Å². The molecular formula is C26H32N4O4S. The van der Waals surface area contributed by atoms with E-state index < -0.39 is 10.0 Å². The van der Waals surface area contributed by atoms with E-state index in [4.69, 9.17) is 0 Å². The highest BCUT2D eigenvalue weighted by Gasteiger charge is 2.38. The van der Waals surface area contributed by atoms with E-state index in [1.165, 1.54) is 4.31 Å². The normalized spacial score (nSPS) is 21.4. The van der Waals surface area contributed by atoms with Crippen molar-refractivity contribution in [3.63, 3.8) is 0 Å². The number of hydrogen-bond acceptors (Lipinski definition) is 5. The number of amides is 2. The number of fused-ring (bicyclic) bond motifs is 1. The summed E-state index contributed by atoms with van der Waals surface area (Å²) in [4.78, 5) is 31.9. The molecule has 1 saturated heterocycles. The first-order valence-corrected chi connectivity index (χ1v) is 13.9. The first-order chi connectivity index (χ1) is 16.7. The molecule has 1 aromatic heterocycles. The molecular weight excluding hydrogens is 464 g/mol. The fraction of sp³-hybridized carbons (Fsp3) is 0.500. The van der Waals surface area contributed by atoms with Crippen LogP contribution < -0.4 is 10.2 Å². The Hall–Kier alpha value is -2.78. The summed E-state index contributed by atoms with van der Waals surface area (Å²) in [5.74, 6) is 0.400. The van der Waals surface area contributed by atoms with Crippen LogP contribution in [0.4, 0.5) is 11.5 Å². The highest BCUT2D eigenvalue weighted by Crippen LogP contribution is 2.38. The van der Waals surface area contributed by atoms with Gasteiger partial charge in [0.15, 0.2) is 0 Å². The molecule has 1 atom stereocenters. The van der Waals surface area contributed by atoms with Crippen molar-refractivity contribution in [1.82, 2.24) is 9.29 Å². The van der Waals surface area contributed by atoms with Crippen molar-refractivity contribution in [2.45, 2.75) is 63.3 Å². The lowest BCUT2D eigenvalue weighted by Gasteiger charge is -2.32. The molecule has 0 spiro atoms. The van der Waals surface area contributed by atoms with E-state index in [9.17, 15) is 18.0 Å². The number of nitrogens with zero attached hydrogens (tertiary/aromatic N) is 3. The van der Waals surface area contributed by atoms with Crippen molar-refractivity contribution in [3.8, 4) is 0 Å². The lowest BCUT2D eigenvalue weighted by Crippen LogP contribution is -2.42. The number of aryl methyl sites for hydroxylation is 1. The standard InChI is InChI=1S/C26H32N4O4S/c1-17-6-9-24(27-16-17)28-25(31)19-10-12-29(13-11-19)35(33,34)22-7-8-23-21(15-22)14-18(2)30(23)26(32)20-4-3-5-20/h6-9,15-16,18-20H,3-5,10-14H2,1-2H3,(H,27,28,31)/t18-/m0/s1. The van der Waals surface area contributed by atoms with Gasteiger partial charge in [0.2, 0.25) is 21.8 Å². The van der Waals surface area contributed by atoms with Crippen LogP contribution >= 0.6 is 0 Å². The summed E-state index contributed by atoms with van der Waals surface area (Å²) in [6, 6.07) is 8.83. The molecule has 2 amide bonds. The molecule has 5 rings (SSSR count). The van der Waals surface area contributed by atoms with E-state index in [2.05, 4.69) is 10.3 Å². The topological polar surface area (TPSA) is 99.7 Å². The lowest BCUT2D eigenvalue weighted by atomic mass is 9.84. The van der Waals surface area contributed by atoms with Crippen molar-refractivity contribution < 1.29 is 18.0 Å². The van der Waals surface area contributed by atoms with Gasteiger partial charge in [-0.25, -0.2) is 13.4 Å². The zero-order chi connectivity index (χ0) is 24.7. The van der Waals surface area contributed by atoms with Crippen molar-refractivity contribution in [2.24, 2.45) is 11.8 Å². The van der Waals surface area contributed by atoms with E-state index in [0.29, 0.717) is 38.2 Å². The number of nitrogens with one attached hydrogen (secondary N) is 1. The van der Waals surface area contributed by atoms with Gasteiger partial charge in [-0.1, -0.05) is 12.5 Å². The Labute approximate surface area is 206 Å². The van der Waals surface area contributed by atoms with Gasteiger partial charge in [-0.2, -0.15) is 4.31 Å². The quantitative estimate of drug-likeness (QED) is 0.683. The number of carbonyl (C=O) groups excluding carboxylic acids is 2. The molecule has 3 heterocycles. The van der Waals surface area contributed by atoms with Crippen LogP contribution in [0.15, 0.2) is 41.4 Å². The summed E-state index contributed by atoms with van der Waals surface area (Å²) >= 11 is 0. The summed E-state index contributed by atoms with van der Waals surface area (Å²) in [5, 5.41) is 2.84. The Morgan fingerprint density at radius 3 is 2.40 bits per heavy atom. The monoisotopic (exact) mass is 496 g/mol. The van der Waals surface area contributed by atoms with Gasteiger partial charge in [0, 0.05) is 42.9 Å². The predicted molar refractivity (Wildman–Crippen MR) is 134 cm³/mol. The number of benzene rings is 1. The molecule has 9 heteroatoms. The maximum Gasteiger partial charge on any atom is 0.243 e. The number of carbonyl (C=O) groups is 2. The van der Waals surface area contributed by atoms with Crippen molar-refractivity contribution in [2.75, 3.05) is 23.3 Å². The van der Waals surface area contributed by atoms with Crippen molar-refractivity contribution >= 4 is 33.3 Å². The third-order valence-electron chi connectivity index (χ3n) is 7.58. The smallest absolute Gasteiger partial charge is 0.243 e. The molecule has 2 aromatic rings. The molecule has 2 fully saturated rings. The number of rotatable bonds is 5. The highest BCUT2D eigenvalue weighted by molar-refractivity contribution is 7.89. The molecule has 2 aliphatic heterocycles. The van der Waals surface area contributed by atoms with Crippen LogP contribution in [0.5, 0.6) is 0 Å². The number of hydrogen-bond donors (Lipinski definition) is 1. The molecule has 3 aliphatic rings. The Bertz CT molecular complexity index is 1230. The van der Waals surface area contributed by atoms with Gasteiger partial charge in [0.1, 0.15) is 5.82 Å². The fourth-order valence-corrected chi connectivity index (χ4v) is 6.75. The van der Waals surface area contributed by atoms with Gasteiger partial charge in [-0.15, -0.1) is 0 Å². The molecule has 0 bridgehead atoms. The summed E-state index contributed by atoms with van der Waals surface area (Å²) < 4.78 is 28.2. The zero-order valence-electron chi connectivity index (χ0n) is 20.2. The second kappa shape index (κ2) is 9.35. The molecule has 0 radical (unpaired) electrons. The maximum absolute atomic E-state index is 13.4. The minimum atomic E-state index is -3.68. The van der Waals surface area contributed by atoms with E-state index in [1.54, 1.807) is 30.5 Å². The molecule has 8 nitrogen and oxygen atoms in total. The first kappa shape index (κ1) is 23.9. The molecule has 1 aromatic carbocycles. The minimum absolute atomic E-state index is 0.0355. The number of pyridine rings is 1. The van der Waals surface area contributed by atoms with Crippen LogP contribution in [-0.4, -0.2) is 48.7 Å². The number of sulfonamides is 1. The Morgan fingerprint density at radius 1 is 1.03 bits per heavy atom. The average Bonchev–Trinajstić information content (AvgIpc) is 3.14. The number of aromatic nitrogens is 1. The van der Waals surface area contributed by atoms with Gasteiger partial charge < -0.3 is 10.2 Å². The predicted octanol–water partition coefficient (Wildman–Crippen LogP) is 3.51. The minimum Gasteiger partial charge on any atom is -0.310 e. The molecule has 0 unspecified atom stereocenters. The molecule has 1 saturated carbocycles. The lowest BCUT2D eigenvalue weighted by molar-refractivity contribution is -0.125. The van der Waals surface area contributed by atoms with Gasteiger partial charge >= 0.3 is 0 Å². The van der Waals surface area contributed by atoms with Crippen molar-refractivity contribution in [1.29, 1.82) is 0 Å². The second-order valence-corrected chi connectivity index (χ2v) is 12.0. The average molecular weight is 497 g/mol. The Balaban J connectivity index is 1.24. The van der Waals surface area contributed by atoms with E-state index in [0.717, 1.165) is 36.1 Å². The summed E-state index contributed by atoms with van der Waals surface area (Å²) in [7, 11) is -3.68. The van der Waals surface area contributed by atoms with Gasteiger partial charge in [-0.3, -0.25) is 9.59 Å². The molecule has 35 heavy (non-hydrogen) atoms. The third-order valence-corrected chi connectivity index (χ3v) is 9.48. The van der Waals surface area contributed by atoms with Gasteiger partial charge in [-0.05, 0) is 81.3 Å². The van der Waals surface area contributed by atoms with Crippen LogP contribution in [-0.2, 0) is 26.0 Å². The summed E-state index contributed by atoms with van der Waals surface area (Å²) in [6.07, 6.45) is 6.27. The third kappa shape index (κ3) is 4.59. The van der Waals surface area contributed by atoms with E-state index >= 15 is 0 Å². The van der Waals surface area contributed by atoms with Crippen LogP contribution in [0.3, 0.4) is 0 Å². The van der Waals surface area contributed by atoms with Gasteiger partial charge in [0.05, 0.1) is 4.90 Å². The summed E-state index contributed by atoms with van der Waals surface area (Å²) in [6.45, 7) is 4.54. The van der Waals surface area contributed by atoms with E-state index in [1.807, 2.05) is 24.8 Å². The fourth-order valence-electron chi connectivity index (χ4n) is 5.23. The Morgan fingerprint density at radius 2 is 1.77 bits per heavy atom.